The normalized spacial score (nSPS) is 14.7. The molecule has 0 radical (unpaired) electrons. The lowest BCUT2D eigenvalue weighted by Crippen LogP contribution is -2.46. The largest absolute Gasteiger partial charge is 0.352 e. The van der Waals surface area contributed by atoms with Gasteiger partial charge >= 0.3 is 0 Å². The Kier molecular flexibility index (Phi) is 7.59. The van der Waals surface area contributed by atoms with E-state index >= 15 is 0 Å². The summed E-state index contributed by atoms with van der Waals surface area (Å²) in [4.78, 5) is 18.3. The lowest BCUT2D eigenvalue weighted by atomic mass is 10.2. The van der Waals surface area contributed by atoms with Gasteiger partial charge in [-0.3, -0.25) is 9.69 Å². The van der Waals surface area contributed by atoms with Crippen molar-refractivity contribution in [3.05, 3.63) is 102 Å². The highest BCUT2D eigenvalue weighted by Crippen LogP contribution is 2.23. The van der Waals surface area contributed by atoms with Crippen LogP contribution in [0, 0.1) is 6.92 Å². The Morgan fingerprint density at radius 1 is 0.861 bits per heavy atom. The van der Waals surface area contributed by atoms with Crippen molar-refractivity contribution in [1.29, 1.82) is 0 Å². The number of hydrogen-bond acceptors (Lipinski definition) is 4. The van der Waals surface area contributed by atoms with Crippen LogP contribution in [0.25, 0.3) is 11.5 Å². The molecular formula is C29H34N6O. The van der Waals surface area contributed by atoms with Gasteiger partial charge in [0.05, 0.1) is 11.4 Å². The third kappa shape index (κ3) is 5.58. The lowest BCUT2D eigenvalue weighted by molar-refractivity contribution is 0.0946. The SMILES string of the molecule is Cc1nn(-c2ccccc2)c(-n2cccc2)c1C(=O)NCCCN1CCN(Cc2ccccc2)CC1. The molecule has 186 valence electrons. The molecule has 0 saturated carbocycles. The Labute approximate surface area is 213 Å². The summed E-state index contributed by atoms with van der Waals surface area (Å²) in [7, 11) is 0. The van der Waals surface area contributed by atoms with Crippen LogP contribution in [-0.2, 0) is 6.54 Å². The summed E-state index contributed by atoms with van der Waals surface area (Å²) >= 11 is 0. The Bertz CT molecular complexity index is 1240. The summed E-state index contributed by atoms with van der Waals surface area (Å²) in [6, 6.07) is 24.5. The van der Waals surface area contributed by atoms with Crippen molar-refractivity contribution in [2.75, 3.05) is 39.3 Å². The zero-order chi connectivity index (χ0) is 24.7. The molecule has 36 heavy (non-hydrogen) atoms. The van der Waals surface area contributed by atoms with Crippen molar-refractivity contribution in [2.45, 2.75) is 19.9 Å². The number of nitrogens with zero attached hydrogens (tertiary/aromatic N) is 5. The van der Waals surface area contributed by atoms with E-state index in [0.717, 1.165) is 62.9 Å². The molecule has 4 aromatic rings. The number of para-hydroxylation sites is 1. The van der Waals surface area contributed by atoms with Gasteiger partial charge in [-0.15, -0.1) is 0 Å². The van der Waals surface area contributed by atoms with Gasteiger partial charge in [-0.05, 0) is 49.7 Å². The second-order valence-electron chi connectivity index (χ2n) is 9.33. The van der Waals surface area contributed by atoms with Crippen LogP contribution < -0.4 is 5.32 Å². The Balaban J connectivity index is 1.15. The fraction of sp³-hybridized carbons (Fsp3) is 0.310. The second kappa shape index (κ2) is 11.4. The van der Waals surface area contributed by atoms with Crippen LogP contribution in [0.15, 0.2) is 85.2 Å². The molecule has 0 aliphatic carbocycles. The zero-order valence-electron chi connectivity index (χ0n) is 20.9. The minimum absolute atomic E-state index is 0.0777. The predicted molar refractivity (Wildman–Crippen MR) is 143 cm³/mol. The van der Waals surface area contributed by atoms with Crippen LogP contribution in [0.4, 0.5) is 0 Å². The Hall–Kier alpha value is -3.68. The highest BCUT2D eigenvalue weighted by molar-refractivity contribution is 5.98. The van der Waals surface area contributed by atoms with Crippen LogP contribution in [-0.4, -0.2) is 69.3 Å². The van der Waals surface area contributed by atoms with Gasteiger partial charge in [0, 0.05) is 51.7 Å². The zero-order valence-corrected chi connectivity index (χ0v) is 20.9. The van der Waals surface area contributed by atoms with Gasteiger partial charge in [-0.1, -0.05) is 48.5 Å². The van der Waals surface area contributed by atoms with E-state index in [1.165, 1.54) is 5.56 Å². The highest BCUT2D eigenvalue weighted by atomic mass is 16.1. The van der Waals surface area contributed by atoms with E-state index in [0.29, 0.717) is 12.1 Å². The minimum atomic E-state index is -0.0777. The highest BCUT2D eigenvalue weighted by Gasteiger charge is 2.23. The number of carbonyl (C=O) groups is 1. The molecule has 1 aliphatic heterocycles. The fourth-order valence-electron chi connectivity index (χ4n) is 4.85. The van der Waals surface area contributed by atoms with Crippen LogP contribution >= 0.6 is 0 Å². The first-order chi connectivity index (χ1) is 17.7. The van der Waals surface area contributed by atoms with Crippen molar-refractivity contribution in [3.8, 4) is 11.5 Å². The van der Waals surface area contributed by atoms with E-state index in [9.17, 15) is 4.79 Å². The summed E-state index contributed by atoms with van der Waals surface area (Å²) < 4.78 is 3.80. The summed E-state index contributed by atoms with van der Waals surface area (Å²) in [5.41, 5.74) is 3.63. The summed E-state index contributed by atoms with van der Waals surface area (Å²) in [5, 5.41) is 7.86. The number of carbonyl (C=O) groups excluding carboxylic acids is 1. The first-order valence-corrected chi connectivity index (χ1v) is 12.7. The summed E-state index contributed by atoms with van der Waals surface area (Å²) in [6.07, 6.45) is 4.82. The molecule has 7 nitrogen and oxygen atoms in total. The maximum absolute atomic E-state index is 13.3. The monoisotopic (exact) mass is 482 g/mol. The molecular weight excluding hydrogens is 448 g/mol. The minimum Gasteiger partial charge on any atom is -0.352 e. The molecule has 0 atom stereocenters. The van der Waals surface area contributed by atoms with Gasteiger partial charge in [0.1, 0.15) is 5.56 Å². The molecule has 0 bridgehead atoms. The smallest absolute Gasteiger partial charge is 0.256 e. The van der Waals surface area contributed by atoms with Crippen LogP contribution in [0.3, 0.4) is 0 Å². The number of benzene rings is 2. The van der Waals surface area contributed by atoms with E-state index in [1.54, 1.807) is 0 Å². The molecule has 2 aromatic carbocycles. The number of piperazine rings is 1. The van der Waals surface area contributed by atoms with Gasteiger partial charge in [0.2, 0.25) is 0 Å². The van der Waals surface area contributed by atoms with E-state index in [4.69, 9.17) is 5.10 Å². The lowest BCUT2D eigenvalue weighted by Gasteiger charge is -2.34. The first-order valence-electron chi connectivity index (χ1n) is 12.7. The number of amides is 1. The van der Waals surface area contributed by atoms with Crippen LogP contribution in [0.2, 0.25) is 0 Å². The Morgan fingerprint density at radius 3 is 2.19 bits per heavy atom. The molecule has 1 amide bonds. The van der Waals surface area contributed by atoms with E-state index < -0.39 is 0 Å². The molecule has 3 heterocycles. The van der Waals surface area contributed by atoms with Crippen molar-refractivity contribution in [3.63, 3.8) is 0 Å². The molecule has 1 N–H and O–H groups in total. The van der Waals surface area contributed by atoms with E-state index in [-0.39, 0.29) is 5.91 Å². The third-order valence-electron chi connectivity index (χ3n) is 6.76. The van der Waals surface area contributed by atoms with Gasteiger partial charge in [-0.25, -0.2) is 4.68 Å². The molecule has 0 spiro atoms. The summed E-state index contributed by atoms with van der Waals surface area (Å²) in [5.74, 6) is 0.682. The average molecular weight is 483 g/mol. The number of nitrogens with one attached hydrogen (secondary N) is 1. The fourth-order valence-corrected chi connectivity index (χ4v) is 4.85. The second-order valence-corrected chi connectivity index (χ2v) is 9.33. The first kappa shape index (κ1) is 24.0. The molecule has 1 fully saturated rings. The van der Waals surface area contributed by atoms with Crippen LogP contribution in [0.5, 0.6) is 0 Å². The standard InChI is InChI=1S/C29H34N6O/c1-24-27(29(34-17-8-9-18-34)35(31-24)26-13-6-3-7-14-26)28(36)30-15-10-16-32-19-21-33(22-20-32)23-25-11-4-2-5-12-25/h2-9,11-14,17-18H,10,15-16,19-23H2,1H3,(H,30,36). The maximum Gasteiger partial charge on any atom is 0.256 e. The van der Waals surface area contributed by atoms with Crippen molar-refractivity contribution in [1.82, 2.24) is 29.5 Å². The molecule has 7 heteroatoms. The van der Waals surface area contributed by atoms with Crippen molar-refractivity contribution in [2.24, 2.45) is 0 Å². The number of rotatable bonds is 9. The molecule has 0 unspecified atom stereocenters. The molecule has 5 rings (SSSR count). The molecule has 2 aromatic heterocycles. The van der Waals surface area contributed by atoms with E-state index in [2.05, 4.69) is 45.4 Å². The van der Waals surface area contributed by atoms with Crippen LogP contribution in [0.1, 0.15) is 28.0 Å². The van der Waals surface area contributed by atoms with Crippen molar-refractivity contribution < 1.29 is 4.79 Å². The Morgan fingerprint density at radius 2 is 1.50 bits per heavy atom. The number of hydrogen-bond donors (Lipinski definition) is 1. The van der Waals surface area contributed by atoms with Gasteiger partial charge in [0.25, 0.3) is 5.91 Å². The van der Waals surface area contributed by atoms with Gasteiger partial charge in [0.15, 0.2) is 5.82 Å². The summed E-state index contributed by atoms with van der Waals surface area (Å²) in [6.45, 7) is 8.86. The molecule has 1 saturated heterocycles. The molecule has 1 aliphatic rings. The third-order valence-corrected chi connectivity index (χ3v) is 6.76. The average Bonchev–Trinajstić information content (AvgIpc) is 3.56. The predicted octanol–water partition coefficient (Wildman–Crippen LogP) is 3.91. The quantitative estimate of drug-likeness (QED) is 0.368. The topological polar surface area (TPSA) is 58.3 Å². The number of aryl methyl sites for hydroxylation is 1. The maximum atomic E-state index is 13.3. The van der Waals surface area contributed by atoms with Gasteiger partial charge < -0.3 is 14.8 Å². The number of aromatic nitrogens is 3. The van der Waals surface area contributed by atoms with Gasteiger partial charge in [-0.2, -0.15) is 5.10 Å². The van der Waals surface area contributed by atoms with Crippen molar-refractivity contribution >= 4 is 5.91 Å². The van der Waals surface area contributed by atoms with E-state index in [1.807, 2.05) is 71.0 Å².